The number of aliphatic carboxylic acids is 1. The molecule has 0 fully saturated rings. The number of carbonyl (C=O) groups is 3. The Bertz CT molecular complexity index is 1760. The molecule has 0 aromatic rings. The molecule has 0 aromatic heterocycles. The molecule has 0 bridgehead atoms. The zero-order valence-electron chi connectivity index (χ0n) is 55.7. The molecule has 2 unspecified atom stereocenters. The van der Waals surface area contributed by atoms with Gasteiger partial charge in [0.1, 0.15) is 13.2 Å². The van der Waals surface area contributed by atoms with Crippen LogP contribution in [0.2, 0.25) is 0 Å². The van der Waals surface area contributed by atoms with E-state index in [-0.39, 0.29) is 38.6 Å². The van der Waals surface area contributed by atoms with Gasteiger partial charge in [-0.3, -0.25) is 9.59 Å². The van der Waals surface area contributed by atoms with Crippen LogP contribution in [0.5, 0.6) is 0 Å². The number of allylic oxidation sites excluding steroid dienone is 18. The van der Waals surface area contributed by atoms with Crippen molar-refractivity contribution < 1.29 is 42.9 Å². The van der Waals surface area contributed by atoms with E-state index < -0.39 is 24.3 Å². The van der Waals surface area contributed by atoms with Gasteiger partial charge in [-0.25, -0.2) is 0 Å². The average molecular weight is 1190 g/mol. The molecular formula is C76H131NO8. The van der Waals surface area contributed by atoms with E-state index in [0.29, 0.717) is 17.4 Å². The molecule has 85 heavy (non-hydrogen) atoms. The van der Waals surface area contributed by atoms with Crippen LogP contribution in [0.3, 0.4) is 0 Å². The number of esters is 2. The summed E-state index contributed by atoms with van der Waals surface area (Å²) in [6.07, 6.45) is 88.8. The number of nitrogens with zero attached hydrogens (tertiary/aromatic N) is 1. The fourth-order valence-corrected chi connectivity index (χ4v) is 9.67. The summed E-state index contributed by atoms with van der Waals surface area (Å²) in [5.41, 5.74) is 0. The quantitative estimate of drug-likeness (QED) is 0.0195. The Balaban J connectivity index is 4.15. The lowest BCUT2D eigenvalue weighted by Crippen LogP contribution is -2.44. The smallest absolute Gasteiger partial charge is 0.306 e. The fraction of sp³-hybridized carbons (Fsp3) is 0.724. The molecule has 0 amide bonds. The summed E-state index contributed by atoms with van der Waals surface area (Å²) in [6, 6.07) is 0. The Hall–Kier alpha value is -4.05. The number of ether oxygens (including phenoxy) is 4. The van der Waals surface area contributed by atoms with Crippen LogP contribution in [0.15, 0.2) is 109 Å². The Morgan fingerprint density at radius 1 is 0.365 bits per heavy atom. The Labute approximate surface area is 524 Å². The highest BCUT2D eigenvalue weighted by Crippen LogP contribution is 2.17. The number of carboxylic acid groups (broad SMARTS) is 1. The topological polar surface area (TPSA) is 111 Å². The third-order valence-electron chi connectivity index (χ3n) is 15.0. The molecule has 0 N–H and O–H groups in total. The van der Waals surface area contributed by atoms with Crippen molar-refractivity contribution in [1.29, 1.82) is 0 Å². The Kier molecular flexibility index (Phi) is 62.8. The van der Waals surface area contributed by atoms with Crippen LogP contribution in [0, 0.1) is 0 Å². The van der Waals surface area contributed by atoms with Crippen LogP contribution in [0.1, 0.15) is 296 Å². The summed E-state index contributed by atoms with van der Waals surface area (Å²) in [5, 5.41) is 11.8. The van der Waals surface area contributed by atoms with Gasteiger partial charge in [-0.1, -0.05) is 290 Å². The van der Waals surface area contributed by atoms with Gasteiger partial charge in [-0.05, 0) is 103 Å². The molecule has 0 aliphatic heterocycles. The fourth-order valence-electron chi connectivity index (χ4n) is 9.67. The average Bonchev–Trinajstić information content (AvgIpc) is 3.49. The van der Waals surface area contributed by atoms with Gasteiger partial charge in [-0.2, -0.15) is 0 Å². The van der Waals surface area contributed by atoms with E-state index in [4.69, 9.17) is 18.9 Å². The third kappa shape index (κ3) is 67.3. The predicted molar refractivity (Wildman–Crippen MR) is 361 cm³/mol. The number of rotatable bonds is 64. The molecule has 0 heterocycles. The first-order valence-electron chi connectivity index (χ1n) is 35.0. The van der Waals surface area contributed by atoms with Crippen molar-refractivity contribution in [3.8, 4) is 0 Å². The van der Waals surface area contributed by atoms with Gasteiger partial charge in [-0.15, -0.1) is 0 Å². The van der Waals surface area contributed by atoms with Crippen molar-refractivity contribution in [1.82, 2.24) is 0 Å². The second-order valence-electron chi connectivity index (χ2n) is 24.4. The van der Waals surface area contributed by atoms with Crippen molar-refractivity contribution >= 4 is 17.9 Å². The minimum Gasteiger partial charge on any atom is -0.545 e. The summed E-state index contributed by atoms with van der Waals surface area (Å²) >= 11 is 0. The largest absolute Gasteiger partial charge is 0.545 e. The van der Waals surface area contributed by atoms with Crippen LogP contribution in [-0.2, 0) is 33.3 Å². The summed E-state index contributed by atoms with van der Waals surface area (Å²) < 4.78 is 22.8. The number of quaternary nitrogens is 1. The summed E-state index contributed by atoms with van der Waals surface area (Å²) in [7, 11) is 5.93. The summed E-state index contributed by atoms with van der Waals surface area (Å²) in [5.74, 6) is -2.29. The minimum atomic E-state index is -1.63. The van der Waals surface area contributed by atoms with E-state index >= 15 is 0 Å². The van der Waals surface area contributed by atoms with Gasteiger partial charge in [0.25, 0.3) is 0 Å². The highest BCUT2D eigenvalue weighted by Gasteiger charge is 2.22. The monoisotopic (exact) mass is 1190 g/mol. The number of carbonyl (C=O) groups excluding carboxylic acids is 3. The zero-order valence-corrected chi connectivity index (χ0v) is 55.7. The van der Waals surface area contributed by atoms with Gasteiger partial charge in [0.05, 0.1) is 40.3 Å². The molecule has 0 rings (SSSR count). The number of carboxylic acids is 1. The van der Waals surface area contributed by atoms with E-state index in [9.17, 15) is 19.5 Å². The lowest BCUT2D eigenvalue weighted by atomic mass is 10.0. The molecule has 488 valence electrons. The first-order valence-corrected chi connectivity index (χ1v) is 35.0. The van der Waals surface area contributed by atoms with Gasteiger partial charge in [0, 0.05) is 12.8 Å². The Morgan fingerprint density at radius 3 is 1.00 bits per heavy atom. The maximum Gasteiger partial charge on any atom is 0.306 e. The van der Waals surface area contributed by atoms with E-state index in [1.165, 1.54) is 167 Å². The van der Waals surface area contributed by atoms with Crippen LogP contribution < -0.4 is 5.11 Å². The molecule has 0 saturated heterocycles. The number of hydrogen-bond acceptors (Lipinski definition) is 8. The first kappa shape index (κ1) is 81.0. The molecule has 0 aliphatic rings. The van der Waals surface area contributed by atoms with Gasteiger partial charge >= 0.3 is 11.9 Å². The van der Waals surface area contributed by atoms with Crippen molar-refractivity contribution in [2.45, 2.75) is 309 Å². The number of unbranched alkanes of at least 4 members (excludes halogenated alkanes) is 31. The van der Waals surface area contributed by atoms with Crippen LogP contribution in [0.4, 0.5) is 0 Å². The van der Waals surface area contributed by atoms with Crippen LogP contribution in [0.25, 0.3) is 0 Å². The highest BCUT2D eigenvalue weighted by atomic mass is 16.7. The highest BCUT2D eigenvalue weighted by molar-refractivity contribution is 5.70. The Morgan fingerprint density at radius 2 is 0.671 bits per heavy atom. The second-order valence-corrected chi connectivity index (χ2v) is 24.4. The van der Waals surface area contributed by atoms with Gasteiger partial charge < -0.3 is 33.3 Å². The predicted octanol–water partition coefficient (Wildman–Crippen LogP) is 20.5. The molecule has 0 aliphatic carbocycles. The molecule has 9 heteroatoms. The van der Waals surface area contributed by atoms with Gasteiger partial charge in [0.2, 0.25) is 0 Å². The molecule has 0 radical (unpaired) electrons. The van der Waals surface area contributed by atoms with Crippen molar-refractivity contribution in [2.75, 3.05) is 47.5 Å². The van der Waals surface area contributed by atoms with E-state index in [2.05, 4.69) is 123 Å². The van der Waals surface area contributed by atoms with Gasteiger partial charge in [0.15, 0.2) is 12.4 Å². The lowest BCUT2D eigenvalue weighted by molar-refractivity contribution is -0.870. The van der Waals surface area contributed by atoms with Crippen molar-refractivity contribution in [3.63, 3.8) is 0 Å². The molecule has 0 aromatic carbocycles. The van der Waals surface area contributed by atoms with Crippen LogP contribution in [-0.4, -0.2) is 82.3 Å². The summed E-state index contributed by atoms with van der Waals surface area (Å²) in [6.45, 7) is 4.64. The molecule has 0 saturated carbocycles. The minimum absolute atomic E-state index is 0.142. The second kappa shape index (κ2) is 65.9. The normalized spacial score (nSPS) is 13.4. The lowest BCUT2D eigenvalue weighted by Gasteiger charge is -2.26. The van der Waals surface area contributed by atoms with Crippen LogP contribution >= 0.6 is 0 Å². The zero-order chi connectivity index (χ0) is 61.9. The van der Waals surface area contributed by atoms with E-state index in [0.717, 1.165) is 96.3 Å². The maximum atomic E-state index is 12.9. The van der Waals surface area contributed by atoms with Crippen molar-refractivity contribution in [3.05, 3.63) is 109 Å². The maximum absolute atomic E-state index is 12.9. The standard InChI is InChI=1S/C76H131NO8/c1-6-8-10-12-14-16-18-20-22-24-26-28-30-32-34-36-37-39-41-43-45-47-49-51-53-55-57-59-61-63-65-67-74(79)85-72(71-84-76(75(80)81)82-69-68-77(3,4)5)70-83-73(78)66-64-62-60-58-56-54-52-50-48-46-44-42-40-38-35-33-31-29-27-25-23-21-19-17-15-13-11-9-7-2/h8,10,14,16,19-22,25-28,32,34,37,39,43,45,72,76H,6-7,9,11-13,15,17-18,23-24,29-31,33,35-36,38,40-42,44,46-71H2,1-5H3/b10-8-,16-14-,21-19-,22-20-,27-25-,28-26-,34-32-,39-37-,45-43-. The summed E-state index contributed by atoms with van der Waals surface area (Å²) in [4.78, 5) is 37.5. The van der Waals surface area contributed by atoms with E-state index in [1.54, 1.807) is 0 Å². The molecular weight excluding hydrogens is 1050 g/mol. The van der Waals surface area contributed by atoms with Crippen molar-refractivity contribution in [2.24, 2.45) is 0 Å². The SMILES string of the molecule is CC/C=C\C/C=C\C/C=C\C/C=C\C/C=C\C/C=C\C/C=C\CCCCCCCCCCCC(=O)OC(COC(=O)CCCCCCCCCCCCCCCCCCC/C=C\C/C=C\CCCCCCC)COC(OCC[N+](C)(C)C)C(=O)[O-]. The third-order valence-corrected chi connectivity index (χ3v) is 15.0. The molecule has 9 nitrogen and oxygen atoms in total. The first-order chi connectivity index (χ1) is 41.6. The number of likely N-dealkylation sites (N-methyl/N-ethyl adjacent to an activating group) is 1. The molecule has 2 atom stereocenters. The molecule has 0 spiro atoms. The van der Waals surface area contributed by atoms with E-state index in [1.807, 2.05) is 21.1 Å². The number of hydrogen-bond donors (Lipinski definition) is 0.